The highest BCUT2D eigenvalue weighted by atomic mass is 16.3. The molecule has 4 aromatic rings. The lowest BCUT2D eigenvalue weighted by atomic mass is 10.2. The van der Waals surface area contributed by atoms with Crippen molar-refractivity contribution in [2.45, 2.75) is 26.4 Å². The molecule has 1 amide bonds. The lowest BCUT2D eigenvalue weighted by Gasteiger charge is -2.26. The number of pyridine rings is 1. The van der Waals surface area contributed by atoms with Gasteiger partial charge < -0.3 is 15.1 Å². The van der Waals surface area contributed by atoms with Crippen LogP contribution in [0, 0.1) is 0 Å². The van der Waals surface area contributed by atoms with Crippen molar-refractivity contribution in [2.24, 2.45) is 0 Å². The number of carbonyl (C=O) groups excluding carboxylic acids is 1. The molecule has 9 heteroatoms. The van der Waals surface area contributed by atoms with Crippen LogP contribution in [0.1, 0.15) is 29.9 Å². The summed E-state index contributed by atoms with van der Waals surface area (Å²) < 4.78 is 6.71. The van der Waals surface area contributed by atoms with Crippen LogP contribution in [-0.4, -0.2) is 41.4 Å². The van der Waals surface area contributed by atoms with Crippen LogP contribution in [0.25, 0.3) is 17.2 Å². The van der Waals surface area contributed by atoms with Crippen LogP contribution in [0.3, 0.4) is 0 Å². The lowest BCUT2D eigenvalue weighted by Crippen LogP contribution is -2.37. The number of nitrogens with two attached hydrogens (primary N) is 1. The largest absolute Gasteiger partial charge is 0.461 e. The second-order valence-corrected chi connectivity index (χ2v) is 6.57. The number of hydrogen-bond donors (Lipinski definition) is 1. The lowest BCUT2D eigenvalue weighted by molar-refractivity contribution is 0.0684. The van der Waals surface area contributed by atoms with Crippen molar-refractivity contribution in [3.8, 4) is 11.6 Å². The number of anilines is 1. The first-order valence-corrected chi connectivity index (χ1v) is 8.80. The highest BCUT2D eigenvalue weighted by molar-refractivity contribution is 5.93. The second-order valence-electron chi connectivity index (χ2n) is 6.57. The molecule has 0 aliphatic heterocycles. The minimum atomic E-state index is -0.240. The normalized spacial score (nSPS) is 11.2. The summed E-state index contributed by atoms with van der Waals surface area (Å²) in [5.41, 5.74) is 7.59. The Bertz CT molecular complexity index is 1100. The molecule has 0 unspecified atom stereocenters. The van der Waals surface area contributed by atoms with Gasteiger partial charge in [0.05, 0.1) is 6.26 Å². The Labute approximate surface area is 160 Å². The number of rotatable bonds is 5. The predicted molar refractivity (Wildman–Crippen MR) is 102 cm³/mol. The second kappa shape index (κ2) is 7.10. The molecule has 0 aromatic carbocycles. The van der Waals surface area contributed by atoms with Crippen molar-refractivity contribution in [2.75, 3.05) is 5.73 Å². The standard InChI is InChI=1S/C19H19N7O2/c1-12(2)25(11-13-5-3-7-21-10-13)18(27)14-9-16-23-17(15-6-4-8-28-15)24-26(16)19(20)22-14/h3-10,12H,11H2,1-2H3,(H2,20,22). The van der Waals surface area contributed by atoms with E-state index >= 15 is 0 Å². The SMILES string of the molecule is CC(C)N(Cc1cccnc1)C(=O)c1cc2nc(-c3ccco3)nn2c(N)n1. The van der Waals surface area contributed by atoms with Gasteiger partial charge in [0.2, 0.25) is 11.8 Å². The Morgan fingerprint density at radius 2 is 2.14 bits per heavy atom. The van der Waals surface area contributed by atoms with Crippen LogP contribution >= 0.6 is 0 Å². The van der Waals surface area contributed by atoms with Crippen molar-refractivity contribution in [1.82, 2.24) is 29.5 Å². The highest BCUT2D eigenvalue weighted by Gasteiger charge is 2.23. The van der Waals surface area contributed by atoms with E-state index in [1.807, 2.05) is 26.0 Å². The Morgan fingerprint density at radius 3 is 2.82 bits per heavy atom. The van der Waals surface area contributed by atoms with Crippen molar-refractivity contribution in [3.63, 3.8) is 0 Å². The third-order valence-electron chi connectivity index (χ3n) is 4.27. The molecule has 9 nitrogen and oxygen atoms in total. The molecule has 2 N–H and O–H groups in total. The quantitative estimate of drug-likeness (QED) is 0.568. The van der Waals surface area contributed by atoms with Crippen LogP contribution in [0.4, 0.5) is 5.95 Å². The fourth-order valence-corrected chi connectivity index (χ4v) is 2.86. The van der Waals surface area contributed by atoms with Crippen LogP contribution in [0.15, 0.2) is 53.4 Å². The van der Waals surface area contributed by atoms with E-state index in [0.717, 1.165) is 5.56 Å². The number of furan rings is 1. The summed E-state index contributed by atoms with van der Waals surface area (Å²) in [7, 11) is 0. The minimum Gasteiger partial charge on any atom is -0.461 e. The van der Waals surface area contributed by atoms with Gasteiger partial charge in [-0.15, -0.1) is 5.10 Å². The van der Waals surface area contributed by atoms with Crippen LogP contribution in [0.5, 0.6) is 0 Å². The first-order valence-electron chi connectivity index (χ1n) is 8.80. The summed E-state index contributed by atoms with van der Waals surface area (Å²) in [5.74, 6) is 0.724. The zero-order chi connectivity index (χ0) is 19.7. The molecule has 0 radical (unpaired) electrons. The number of fused-ring (bicyclic) bond motifs is 1. The van der Waals surface area contributed by atoms with Crippen LogP contribution < -0.4 is 5.73 Å². The van der Waals surface area contributed by atoms with E-state index in [9.17, 15) is 4.79 Å². The molecule has 4 rings (SSSR count). The van der Waals surface area contributed by atoms with E-state index in [1.165, 1.54) is 10.8 Å². The summed E-state index contributed by atoms with van der Waals surface area (Å²) in [4.78, 5) is 27.6. The van der Waals surface area contributed by atoms with E-state index < -0.39 is 0 Å². The minimum absolute atomic E-state index is 0.0384. The molecular formula is C19H19N7O2. The maximum atomic E-state index is 13.1. The van der Waals surface area contributed by atoms with Gasteiger partial charge in [-0.3, -0.25) is 9.78 Å². The molecule has 0 bridgehead atoms. The molecule has 0 atom stereocenters. The van der Waals surface area contributed by atoms with Gasteiger partial charge in [0.15, 0.2) is 11.4 Å². The number of nitrogen functional groups attached to an aromatic ring is 1. The topological polar surface area (TPSA) is 115 Å². The maximum Gasteiger partial charge on any atom is 0.273 e. The molecule has 0 spiro atoms. The summed E-state index contributed by atoms with van der Waals surface area (Å²) >= 11 is 0. The van der Waals surface area contributed by atoms with Crippen molar-refractivity contribution in [3.05, 3.63) is 60.2 Å². The van der Waals surface area contributed by atoms with Crippen LogP contribution in [-0.2, 0) is 6.54 Å². The van der Waals surface area contributed by atoms with Gasteiger partial charge in [0.1, 0.15) is 5.69 Å². The van der Waals surface area contributed by atoms with Crippen LogP contribution in [0.2, 0.25) is 0 Å². The Morgan fingerprint density at radius 1 is 1.29 bits per heavy atom. The molecule has 0 saturated carbocycles. The zero-order valence-corrected chi connectivity index (χ0v) is 15.5. The smallest absolute Gasteiger partial charge is 0.273 e. The molecule has 4 aromatic heterocycles. The molecule has 0 aliphatic carbocycles. The predicted octanol–water partition coefficient (Wildman–Crippen LogP) is 2.41. The van der Waals surface area contributed by atoms with E-state index in [2.05, 4.69) is 20.1 Å². The first kappa shape index (κ1) is 17.7. The number of carbonyl (C=O) groups is 1. The summed E-state index contributed by atoms with van der Waals surface area (Å²) in [6.07, 6.45) is 4.97. The fraction of sp³-hybridized carbons (Fsp3) is 0.211. The number of nitrogens with zero attached hydrogens (tertiary/aromatic N) is 6. The van der Waals surface area contributed by atoms with Gasteiger partial charge >= 0.3 is 0 Å². The van der Waals surface area contributed by atoms with Gasteiger partial charge in [0, 0.05) is 31.0 Å². The Kier molecular flexibility index (Phi) is 4.48. The van der Waals surface area contributed by atoms with E-state index in [0.29, 0.717) is 23.8 Å². The summed E-state index contributed by atoms with van der Waals surface area (Å²) in [6.45, 7) is 4.31. The molecule has 0 aliphatic rings. The average molecular weight is 377 g/mol. The van der Waals surface area contributed by atoms with Crippen molar-refractivity contribution < 1.29 is 9.21 Å². The Balaban J connectivity index is 1.69. The van der Waals surface area contributed by atoms with Gasteiger partial charge in [-0.1, -0.05) is 6.07 Å². The van der Waals surface area contributed by atoms with Crippen molar-refractivity contribution in [1.29, 1.82) is 0 Å². The van der Waals surface area contributed by atoms with E-state index in [4.69, 9.17) is 10.2 Å². The third kappa shape index (κ3) is 3.29. The molecule has 28 heavy (non-hydrogen) atoms. The molecule has 142 valence electrons. The summed E-state index contributed by atoms with van der Waals surface area (Å²) in [6, 6.07) is 8.80. The maximum absolute atomic E-state index is 13.1. The van der Waals surface area contributed by atoms with Gasteiger partial charge in [-0.2, -0.15) is 4.52 Å². The van der Waals surface area contributed by atoms with Gasteiger partial charge in [-0.05, 0) is 37.6 Å². The zero-order valence-electron chi connectivity index (χ0n) is 15.5. The van der Waals surface area contributed by atoms with Crippen molar-refractivity contribution >= 4 is 17.5 Å². The van der Waals surface area contributed by atoms with Gasteiger partial charge in [-0.25, -0.2) is 9.97 Å². The Hall–Kier alpha value is -3.75. The number of hydrogen-bond acceptors (Lipinski definition) is 7. The van der Waals surface area contributed by atoms with E-state index in [-0.39, 0.29) is 23.6 Å². The fourth-order valence-electron chi connectivity index (χ4n) is 2.86. The summed E-state index contributed by atoms with van der Waals surface area (Å²) in [5, 5.41) is 4.29. The average Bonchev–Trinajstić information content (AvgIpc) is 3.35. The third-order valence-corrected chi connectivity index (χ3v) is 4.27. The molecule has 0 saturated heterocycles. The highest BCUT2D eigenvalue weighted by Crippen LogP contribution is 2.19. The molecule has 0 fully saturated rings. The van der Waals surface area contributed by atoms with Gasteiger partial charge in [0.25, 0.3) is 5.91 Å². The molecular weight excluding hydrogens is 358 g/mol. The number of aromatic nitrogens is 5. The monoisotopic (exact) mass is 377 g/mol. The van der Waals surface area contributed by atoms with E-state index in [1.54, 1.807) is 35.5 Å². The number of amides is 1. The molecule has 4 heterocycles. The first-order chi connectivity index (χ1) is 13.5.